The third-order valence-electron chi connectivity index (χ3n) is 5.76. The van der Waals surface area contributed by atoms with Crippen molar-refractivity contribution in [3.63, 3.8) is 0 Å². The lowest BCUT2D eigenvalue weighted by Gasteiger charge is -2.30. The fourth-order valence-corrected chi connectivity index (χ4v) is 4.50. The van der Waals surface area contributed by atoms with E-state index in [0.717, 1.165) is 44.6 Å². The van der Waals surface area contributed by atoms with Crippen molar-refractivity contribution in [1.29, 1.82) is 0 Å². The van der Waals surface area contributed by atoms with Gasteiger partial charge in [0.25, 0.3) is 0 Å². The number of urea groups is 1. The van der Waals surface area contributed by atoms with E-state index in [1.54, 1.807) is 11.0 Å². The summed E-state index contributed by atoms with van der Waals surface area (Å²) in [6, 6.07) is 5.22. The number of nitrogens with one attached hydrogen (secondary N) is 2. The molecule has 0 aliphatic carbocycles. The fourth-order valence-electron chi connectivity index (χ4n) is 4.20. The predicted octanol–water partition coefficient (Wildman–Crippen LogP) is 2.47. The van der Waals surface area contributed by atoms with Gasteiger partial charge in [-0.25, -0.2) is 4.79 Å². The number of carbonyl (C=O) groups excluding carboxylic acids is 2. The van der Waals surface area contributed by atoms with Crippen molar-refractivity contribution in [3.05, 3.63) is 23.2 Å². The Morgan fingerprint density at radius 1 is 1.20 bits per heavy atom. The number of amides is 3. The van der Waals surface area contributed by atoms with Crippen LogP contribution >= 0.6 is 11.6 Å². The van der Waals surface area contributed by atoms with Gasteiger partial charge in [0.2, 0.25) is 5.91 Å². The maximum Gasteiger partial charge on any atom is 0.322 e. The molecule has 0 saturated carbocycles. The van der Waals surface area contributed by atoms with E-state index < -0.39 is 0 Å². The zero-order chi connectivity index (χ0) is 20.9. The van der Waals surface area contributed by atoms with Crippen LogP contribution in [-0.4, -0.2) is 75.0 Å². The minimum Gasteiger partial charge on any atom is -0.376 e. The van der Waals surface area contributed by atoms with Crippen molar-refractivity contribution >= 4 is 34.9 Å². The molecule has 9 heteroatoms. The van der Waals surface area contributed by atoms with Crippen LogP contribution in [0.1, 0.15) is 25.7 Å². The van der Waals surface area contributed by atoms with Crippen molar-refractivity contribution in [2.75, 3.05) is 56.2 Å². The lowest BCUT2D eigenvalue weighted by Crippen LogP contribution is -2.47. The van der Waals surface area contributed by atoms with Gasteiger partial charge < -0.3 is 29.9 Å². The first-order valence-corrected chi connectivity index (χ1v) is 11.1. The highest BCUT2D eigenvalue weighted by Gasteiger charge is 2.27. The molecule has 1 aromatic rings. The summed E-state index contributed by atoms with van der Waals surface area (Å²) >= 11 is 6.47. The lowest BCUT2D eigenvalue weighted by molar-refractivity contribution is -0.120. The van der Waals surface area contributed by atoms with Crippen LogP contribution < -0.4 is 15.5 Å². The maximum absolute atomic E-state index is 13.0. The zero-order valence-corrected chi connectivity index (χ0v) is 17.8. The molecule has 3 amide bonds. The van der Waals surface area contributed by atoms with E-state index in [-0.39, 0.29) is 30.7 Å². The largest absolute Gasteiger partial charge is 0.376 e. The molecule has 3 aliphatic heterocycles. The van der Waals surface area contributed by atoms with Crippen molar-refractivity contribution in [3.8, 4) is 0 Å². The summed E-state index contributed by atoms with van der Waals surface area (Å²) < 4.78 is 11.5. The molecule has 3 saturated heterocycles. The summed E-state index contributed by atoms with van der Waals surface area (Å²) in [5.41, 5.74) is 1.42. The first-order chi connectivity index (χ1) is 14.6. The minimum absolute atomic E-state index is 0.0198. The van der Waals surface area contributed by atoms with Crippen LogP contribution in [0.5, 0.6) is 0 Å². The van der Waals surface area contributed by atoms with E-state index in [1.165, 1.54) is 0 Å². The molecule has 0 aromatic heterocycles. The number of benzene rings is 1. The molecule has 0 radical (unpaired) electrons. The van der Waals surface area contributed by atoms with E-state index in [0.29, 0.717) is 36.9 Å². The third-order valence-corrected chi connectivity index (χ3v) is 6.06. The quantitative estimate of drug-likeness (QED) is 0.715. The number of hydrogen-bond donors (Lipinski definition) is 2. The minimum atomic E-state index is -0.179. The highest BCUT2D eigenvalue weighted by molar-refractivity contribution is 6.33. The molecular formula is C21H29ClN4O4. The second kappa shape index (κ2) is 9.85. The molecule has 3 aliphatic rings. The molecule has 3 heterocycles. The molecule has 3 fully saturated rings. The number of hydrogen-bond acceptors (Lipinski definition) is 5. The van der Waals surface area contributed by atoms with Crippen molar-refractivity contribution in [2.24, 2.45) is 0 Å². The lowest BCUT2D eigenvalue weighted by atomic mass is 10.2. The van der Waals surface area contributed by atoms with Crippen LogP contribution in [0.15, 0.2) is 18.2 Å². The van der Waals surface area contributed by atoms with Crippen molar-refractivity contribution in [2.45, 2.75) is 37.9 Å². The number of ether oxygens (including phenoxy) is 2. The number of nitrogens with zero attached hydrogens (tertiary/aromatic N) is 2. The average Bonchev–Trinajstić information content (AvgIpc) is 3.42. The summed E-state index contributed by atoms with van der Waals surface area (Å²) in [6.45, 7) is 4.20. The molecule has 2 N–H and O–H groups in total. The summed E-state index contributed by atoms with van der Waals surface area (Å²) in [5, 5.41) is 6.27. The summed E-state index contributed by atoms with van der Waals surface area (Å²) in [4.78, 5) is 28.4. The van der Waals surface area contributed by atoms with E-state index in [2.05, 4.69) is 10.6 Å². The number of carbonyl (C=O) groups is 2. The Labute approximate surface area is 181 Å². The highest BCUT2D eigenvalue weighted by Crippen LogP contribution is 2.29. The first kappa shape index (κ1) is 21.2. The van der Waals surface area contributed by atoms with Gasteiger partial charge in [0.15, 0.2) is 0 Å². The zero-order valence-electron chi connectivity index (χ0n) is 17.1. The summed E-state index contributed by atoms with van der Waals surface area (Å²) in [6.07, 6.45) is 4.16. The predicted molar refractivity (Wildman–Crippen MR) is 115 cm³/mol. The molecule has 1 aromatic carbocycles. The summed E-state index contributed by atoms with van der Waals surface area (Å²) in [5.74, 6) is -0.0198. The van der Waals surface area contributed by atoms with Gasteiger partial charge in [-0.05, 0) is 43.9 Å². The Bertz CT molecular complexity index is 747. The first-order valence-electron chi connectivity index (χ1n) is 10.7. The molecule has 0 unspecified atom stereocenters. The maximum atomic E-state index is 13.0. The Balaban J connectivity index is 1.41. The number of piperazine rings is 1. The molecule has 2 atom stereocenters. The SMILES string of the molecule is O=C1CN(c2ccc(NC(=O)N(C[C@H]3CCCO3)C[C@H]3CCCO3)cc2Cl)CCN1. The molecule has 0 spiro atoms. The van der Waals surface area contributed by atoms with Crippen LogP contribution in [0.3, 0.4) is 0 Å². The van der Waals surface area contributed by atoms with Crippen LogP contribution in [-0.2, 0) is 14.3 Å². The van der Waals surface area contributed by atoms with Gasteiger partial charge in [0.05, 0.1) is 29.5 Å². The molecular weight excluding hydrogens is 408 g/mol. The van der Waals surface area contributed by atoms with Crippen LogP contribution in [0.2, 0.25) is 5.02 Å². The normalized spacial score (nSPS) is 24.0. The van der Waals surface area contributed by atoms with Gasteiger partial charge in [0.1, 0.15) is 0 Å². The molecule has 0 bridgehead atoms. The number of anilines is 2. The van der Waals surface area contributed by atoms with E-state index in [4.69, 9.17) is 21.1 Å². The van der Waals surface area contributed by atoms with Gasteiger partial charge in [-0.2, -0.15) is 0 Å². The topological polar surface area (TPSA) is 83.1 Å². The summed E-state index contributed by atoms with van der Waals surface area (Å²) in [7, 11) is 0. The van der Waals surface area contributed by atoms with Gasteiger partial charge in [-0.1, -0.05) is 11.6 Å². The van der Waals surface area contributed by atoms with Gasteiger partial charge in [-0.3, -0.25) is 4.79 Å². The van der Waals surface area contributed by atoms with Crippen molar-refractivity contribution in [1.82, 2.24) is 10.2 Å². The molecule has 4 rings (SSSR count). The van der Waals surface area contributed by atoms with Gasteiger partial charge in [0, 0.05) is 45.1 Å². The fraction of sp³-hybridized carbons (Fsp3) is 0.619. The van der Waals surface area contributed by atoms with E-state index in [9.17, 15) is 9.59 Å². The second-order valence-electron chi connectivity index (χ2n) is 8.04. The molecule has 8 nitrogen and oxygen atoms in total. The van der Waals surface area contributed by atoms with Crippen LogP contribution in [0.4, 0.5) is 16.2 Å². The standard InChI is InChI=1S/C21H29ClN4O4/c22-18-11-15(5-6-19(18)25-8-7-23-20(27)14-25)24-21(28)26(12-16-3-1-9-29-16)13-17-4-2-10-30-17/h5-6,11,16-17H,1-4,7-10,12-14H2,(H,23,27)(H,24,28)/t16-,17-/m1/s1. The monoisotopic (exact) mass is 436 g/mol. The van der Waals surface area contributed by atoms with Crippen LogP contribution in [0, 0.1) is 0 Å². The Hall–Kier alpha value is -2.03. The average molecular weight is 437 g/mol. The Kier molecular flexibility index (Phi) is 6.97. The van der Waals surface area contributed by atoms with E-state index in [1.807, 2.05) is 17.0 Å². The molecule has 30 heavy (non-hydrogen) atoms. The molecule has 164 valence electrons. The number of rotatable bonds is 6. The van der Waals surface area contributed by atoms with E-state index >= 15 is 0 Å². The second-order valence-corrected chi connectivity index (χ2v) is 8.45. The van der Waals surface area contributed by atoms with Crippen LogP contribution in [0.25, 0.3) is 0 Å². The Morgan fingerprint density at radius 3 is 2.47 bits per heavy atom. The van der Waals surface area contributed by atoms with Gasteiger partial charge in [-0.15, -0.1) is 0 Å². The highest BCUT2D eigenvalue weighted by atomic mass is 35.5. The number of halogens is 1. The Morgan fingerprint density at radius 2 is 1.90 bits per heavy atom. The third kappa shape index (κ3) is 5.36. The smallest absolute Gasteiger partial charge is 0.322 e. The van der Waals surface area contributed by atoms with Crippen molar-refractivity contribution < 1.29 is 19.1 Å². The van der Waals surface area contributed by atoms with Gasteiger partial charge >= 0.3 is 6.03 Å².